The van der Waals surface area contributed by atoms with Crippen LogP contribution in [0.15, 0.2) is 58.9 Å². The first kappa shape index (κ1) is 19.2. The number of carbonyl (C=O) groups is 1. The van der Waals surface area contributed by atoms with Crippen molar-refractivity contribution in [3.63, 3.8) is 0 Å². The van der Waals surface area contributed by atoms with Crippen LogP contribution in [0.4, 0.5) is 5.69 Å². The van der Waals surface area contributed by atoms with Crippen LogP contribution in [0.25, 0.3) is 10.6 Å². The first-order chi connectivity index (χ1) is 12.8. The van der Waals surface area contributed by atoms with Crippen LogP contribution in [0.5, 0.6) is 5.75 Å². The molecule has 1 aromatic heterocycles. The Morgan fingerprint density at radius 3 is 2.74 bits per heavy atom. The van der Waals surface area contributed by atoms with Gasteiger partial charge in [-0.2, -0.15) is 0 Å². The molecule has 0 amide bonds. The zero-order valence-electron chi connectivity index (χ0n) is 13.6. The molecule has 0 aliphatic rings. The predicted octanol–water partition coefficient (Wildman–Crippen LogP) is 3.73. The fourth-order valence-electron chi connectivity index (χ4n) is 2.20. The number of ether oxygens (including phenoxy) is 1. The van der Waals surface area contributed by atoms with Gasteiger partial charge in [0.1, 0.15) is 10.8 Å². The first-order valence-corrected chi connectivity index (χ1v) is 10.3. The number of halogens is 1. The van der Waals surface area contributed by atoms with E-state index in [1.54, 1.807) is 24.4 Å². The molecule has 0 radical (unpaired) electrons. The smallest absolute Gasteiger partial charge is 0.341 e. The van der Waals surface area contributed by atoms with Gasteiger partial charge in [-0.3, -0.25) is 4.72 Å². The number of nitrogens with one attached hydrogen (secondary N) is 1. The summed E-state index contributed by atoms with van der Waals surface area (Å²) in [6.45, 7) is -0.576. The number of sulfonamides is 1. The molecule has 0 atom stereocenters. The Labute approximate surface area is 164 Å². The Bertz CT molecular complexity index is 1070. The second kappa shape index (κ2) is 7.95. The highest BCUT2D eigenvalue weighted by molar-refractivity contribution is 7.92. The first-order valence-electron chi connectivity index (χ1n) is 7.52. The van der Waals surface area contributed by atoms with Gasteiger partial charge in [-0.05, 0) is 30.3 Å². The van der Waals surface area contributed by atoms with E-state index in [1.165, 1.54) is 29.5 Å². The maximum atomic E-state index is 12.6. The van der Waals surface area contributed by atoms with Gasteiger partial charge in [0.2, 0.25) is 0 Å². The van der Waals surface area contributed by atoms with E-state index in [0.29, 0.717) is 5.69 Å². The second-order valence-electron chi connectivity index (χ2n) is 5.30. The van der Waals surface area contributed by atoms with Crippen LogP contribution in [0, 0.1) is 0 Å². The molecule has 0 bridgehead atoms. The van der Waals surface area contributed by atoms with Crippen molar-refractivity contribution in [2.24, 2.45) is 0 Å². The van der Waals surface area contributed by atoms with Crippen molar-refractivity contribution >= 4 is 44.6 Å². The van der Waals surface area contributed by atoms with Crippen molar-refractivity contribution in [2.75, 3.05) is 11.3 Å². The minimum Gasteiger partial charge on any atom is -0.480 e. The van der Waals surface area contributed by atoms with Crippen LogP contribution in [-0.4, -0.2) is 31.1 Å². The van der Waals surface area contributed by atoms with E-state index in [2.05, 4.69) is 9.71 Å². The third-order valence-corrected chi connectivity index (χ3v) is 5.86. The average molecular weight is 425 g/mol. The van der Waals surface area contributed by atoms with Gasteiger partial charge in [-0.25, -0.2) is 18.2 Å². The van der Waals surface area contributed by atoms with Gasteiger partial charge in [-0.1, -0.05) is 23.7 Å². The summed E-state index contributed by atoms with van der Waals surface area (Å²) >= 11 is 7.45. The van der Waals surface area contributed by atoms with Crippen LogP contribution in [-0.2, 0) is 14.8 Å². The highest BCUT2D eigenvalue weighted by atomic mass is 35.5. The summed E-state index contributed by atoms with van der Waals surface area (Å²) in [7, 11) is -3.89. The molecule has 2 N–H and O–H groups in total. The fourth-order valence-corrected chi connectivity index (χ4v) is 4.21. The van der Waals surface area contributed by atoms with Crippen molar-refractivity contribution in [1.82, 2.24) is 4.98 Å². The van der Waals surface area contributed by atoms with Crippen molar-refractivity contribution < 1.29 is 23.1 Å². The number of thiazole rings is 1. The molecule has 10 heteroatoms. The average Bonchev–Trinajstić information content (AvgIpc) is 3.15. The summed E-state index contributed by atoms with van der Waals surface area (Å²) in [5.41, 5.74) is 1.17. The number of carboxylic acid groups (broad SMARTS) is 1. The van der Waals surface area contributed by atoms with Crippen LogP contribution >= 0.6 is 22.9 Å². The molecule has 0 aliphatic heterocycles. The van der Waals surface area contributed by atoms with E-state index >= 15 is 0 Å². The molecule has 27 heavy (non-hydrogen) atoms. The van der Waals surface area contributed by atoms with Gasteiger partial charge in [0.15, 0.2) is 6.61 Å². The van der Waals surface area contributed by atoms with Crippen molar-refractivity contribution in [2.45, 2.75) is 4.90 Å². The number of aliphatic carboxylic acids is 1. The number of anilines is 1. The highest BCUT2D eigenvalue weighted by Crippen LogP contribution is 2.29. The second-order valence-corrected chi connectivity index (χ2v) is 8.28. The molecule has 0 saturated heterocycles. The van der Waals surface area contributed by atoms with Crippen LogP contribution in [0.2, 0.25) is 5.02 Å². The molecule has 3 rings (SSSR count). The van der Waals surface area contributed by atoms with E-state index in [0.717, 1.165) is 10.6 Å². The van der Waals surface area contributed by atoms with E-state index in [-0.39, 0.29) is 15.7 Å². The summed E-state index contributed by atoms with van der Waals surface area (Å²) < 4.78 is 32.7. The molecule has 7 nitrogen and oxygen atoms in total. The number of hydrogen-bond donors (Lipinski definition) is 2. The summed E-state index contributed by atoms with van der Waals surface area (Å²) in [6, 6.07) is 10.7. The standard InChI is InChI=1S/C17H13ClN2O5S2/c18-14-9-13(4-5-15(14)25-10-16(21)22)27(23,24)20-12-3-1-2-11(8-12)17-19-6-7-26-17/h1-9,20H,10H2,(H,21,22). The van der Waals surface area contributed by atoms with Crippen LogP contribution in [0.3, 0.4) is 0 Å². The van der Waals surface area contributed by atoms with Crippen LogP contribution in [0.1, 0.15) is 0 Å². The molecule has 0 spiro atoms. The number of carboxylic acids is 1. The molecular weight excluding hydrogens is 412 g/mol. The van der Waals surface area contributed by atoms with Crippen molar-refractivity contribution in [3.8, 4) is 16.3 Å². The molecule has 1 heterocycles. The minimum atomic E-state index is -3.89. The van der Waals surface area contributed by atoms with Crippen LogP contribution < -0.4 is 9.46 Å². The third kappa shape index (κ3) is 4.76. The Kier molecular flexibility index (Phi) is 5.64. The lowest BCUT2D eigenvalue weighted by Crippen LogP contribution is -2.13. The number of aromatic nitrogens is 1. The minimum absolute atomic E-state index is 0.00402. The zero-order chi connectivity index (χ0) is 19.4. The molecule has 0 unspecified atom stereocenters. The highest BCUT2D eigenvalue weighted by Gasteiger charge is 2.17. The summed E-state index contributed by atoms with van der Waals surface area (Å²) in [4.78, 5) is 14.7. The monoisotopic (exact) mass is 424 g/mol. The van der Waals surface area contributed by atoms with Crippen molar-refractivity contribution in [3.05, 3.63) is 59.1 Å². The number of benzene rings is 2. The van der Waals surface area contributed by atoms with E-state index < -0.39 is 22.6 Å². The van der Waals surface area contributed by atoms with Gasteiger partial charge in [0.25, 0.3) is 10.0 Å². The quantitative estimate of drug-likeness (QED) is 0.598. The Hall–Kier alpha value is -2.62. The van der Waals surface area contributed by atoms with Gasteiger partial charge in [-0.15, -0.1) is 11.3 Å². The lowest BCUT2D eigenvalue weighted by molar-refractivity contribution is -0.139. The van der Waals surface area contributed by atoms with Gasteiger partial charge in [0, 0.05) is 22.8 Å². The van der Waals surface area contributed by atoms with Gasteiger partial charge < -0.3 is 9.84 Å². The topological polar surface area (TPSA) is 106 Å². The Morgan fingerprint density at radius 1 is 1.26 bits per heavy atom. The molecule has 140 valence electrons. The van der Waals surface area contributed by atoms with Gasteiger partial charge in [0.05, 0.1) is 9.92 Å². The fraction of sp³-hybridized carbons (Fsp3) is 0.0588. The Balaban J connectivity index is 1.82. The summed E-state index contributed by atoms with van der Waals surface area (Å²) in [6.07, 6.45) is 1.67. The number of hydrogen-bond acceptors (Lipinski definition) is 6. The molecule has 2 aromatic carbocycles. The summed E-state index contributed by atoms with van der Waals surface area (Å²) in [5, 5.41) is 11.2. The maximum Gasteiger partial charge on any atom is 0.341 e. The molecule has 0 saturated carbocycles. The third-order valence-electron chi connectivity index (χ3n) is 3.36. The molecule has 0 fully saturated rings. The normalized spacial score (nSPS) is 11.1. The maximum absolute atomic E-state index is 12.6. The lowest BCUT2D eigenvalue weighted by atomic mass is 10.2. The largest absolute Gasteiger partial charge is 0.480 e. The zero-order valence-corrected chi connectivity index (χ0v) is 16.0. The number of rotatable bonds is 7. The summed E-state index contributed by atoms with van der Waals surface area (Å²) in [5.74, 6) is -1.08. The molecule has 3 aromatic rings. The van der Waals surface area contributed by atoms with Crippen molar-refractivity contribution in [1.29, 1.82) is 0 Å². The number of nitrogens with zero attached hydrogens (tertiary/aromatic N) is 1. The Morgan fingerprint density at radius 2 is 2.07 bits per heavy atom. The van der Waals surface area contributed by atoms with E-state index in [4.69, 9.17) is 21.4 Å². The van der Waals surface area contributed by atoms with Gasteiger partial charge >= 0.3 is 5.97 Å². The lowest BCUT2D eigenvalue weighted by Gasteiger charge is -2.11. The predicted molar refractivity (Wildman–Crippen MR) is 103 cm³/mol. The SMILES string of the molecule is O=C(O)COc1ccc(S(=O)(=O)Nc2cccc(-c3nccs3)c2)cc1Cl. The molecular formula is C17H13ClN2O5S2. The van der Waals surface area contributed by atoms with E-state index in [9.17, 15) is 13.2 Å². The molecule has 0 aliphatic carbocycles. The van der Waals surface area contributed by atoms with E-state index in [1.807, 2.05) is 11.4 Å².